The van der Waals surface area contributed by atoms with E-state index in [-0.39, 0.29) is 0 Å². The van der Waals surface area contributed by atoms with E-state index >= 15 is 0 Å². The molecule has 0 bridgehead atoms. The lowest BCUT2D eigenvalue weighted by Crippen LogP contribution is -2.26. The van der Waals surface area contributed by atoms with Crippen molar-refractivity contribution in [1.29, 1.82) is 0 Å². The molecule has 0 spiro atoms. The number of aliphatic hydroxyl groups is 1. The highest BCUT2D eigenvalue weighted by Crippen LogP contribution is 2.14. The van der Waals surface area contributed by atoms with Crippen LogP contribution >= 0.6 is 0 Å². The molecule has 1 aromatic rings. The first kappa shape index (κ1) is 8.72. The molecule has 2 N–H and O–H groups in total. The molecule has 13 heavy (non-hydrogen) atoms. The second kappa shape index (κ2) is 2.82. The van der Waals surface area contributed by atoms with Crippen molar-refractivity contribution in [2.45, 2.75) is 39.1 Å². The van der Waals surface area contributed by atoms with Crippen LogP contribution in [0.15, 0.2) is 6.20 Å². The molecular formula is C9H15N3O. The minimum absolute atomic E-state index is 0.556. The van der Waals surface area contributed by atoms with Gasteiger partial charge in [-0.05, 0) is 13.8 Å². The number of nitrogens with zero attached hydrogens (tertiary/aromatic N) is 2. The maximum absolute atomic E-state index is 9.59. The Morgan fingerprint density at radius 3 is 3.00 bits per heavy atom. The smallest absolute Gasteiger partial charge is 0.0807 e. The third kappa shape index (κ3) is 1.89. The summed E-state index contributed by atoms with van der Waals surface area (Å²) >= 11 is 0. The van der Waals surface area contributed by atoms with Gasteiger partial charge in [-0.25, -0.2) is 0 Å². The predicted molar refractivity (Wildman–Crippen MR) is 49.1 cm³/mol. The second-order valence-corrected chi connectivity index (χ2v) is 4.21. The Hall–Kier alpha value is -0.870. The summed E-state index contributed by atoms with van der Waals surface area (Å²) in [5.74, 6) is 0. The number of hydrogen-bond acceptors (Lipinski definition) is 3. The van der Waals surface area contributed by atoms with Crippen LogP contribution in [0.25, 0.3) is 0 Å². The summed E-state index contributed by atoms with van der Waals surface area (Å²) in [4.78, 5) is 0. The Bertz CT molecular complexity index is 290. The van der Waals surface area contributed by atoms with E-state index in [1.54, 1.807) is 13.8 Å². The van der Waals surface area contributed by atoms with E-state index in [2.05, 4.69) is 10.4 Å². The summed E-state index contributed by atoms with van der Waals surface area (Å²) in [6.45, 7) is 5.89. The number of nitrogens with one attached hydrogen (secondary N) is 1. The first-order chi connectivity index (χ1) is 6.04. The molecule has 0 saturated carbocycles. The molecule has 0 fully saturated rings. The minimum atomic E-state index is -0.687. The largest absolute Gasteiger partial charge is 0.389 e. The fourth-order valence-electron chi connectivity index (χ4n) is 1.59. The average molecular weight is 181 g/mol. The van der Waals surface area contributed by atoms with Gasteiger partial charge in [0.1, 0.15) is 0 Å². The van der Waals surface area contributed by atoms with Crippen LogP contribution in [-0.2, 0) is 19.6 Å². The van der Waals surface area contributed by atoms with E-state index in [4.69, 9.17) is 0 Å². The molecule has 0 saturated heterocycles. The first-order valence-electron chi connectivity index (χ1n) is 4.53. The summed E-state index contributed by atoms with van der Waals surface area (Å²) < 4.78 is 1.82. The molecule has 72 valence electrons. The molecule has 0 radical (unpaired) electrons. The van der Waals surface area contributed by atoms with E-state index in [9.17, 15) is 5.11 Å². The lowest BCUT2D eigenvalue weighted by atomic mass is 10.1. The topological polar surface area (TPSA) is 50.1 Å². The second-order valence-electron chi connectivity index (χ2n) is 4.21. The van der Waals surface area contributed by atoms with Crippen LogP contribution in [0, 0.1) is 0 Å². The quantitative estimate of drug-likeness (QED) is 0.688. The average Bonchev–Trinajstić information content (AvgIpc) is 2.40. The molecule has 4 heteroatoms. The van der Waals surface area contributed by atoms with Crippen LogP contribution in [0.5, 0.6) is 0 Å². The van der Waals surface area contributed by atoms with Crippen molar-refractivity contribution in [2.75, 3.05) is 0 Å². The summed E-state index contributed by atoms with van der Waals surface area (Å²) in [6, 6.07) is 0. The van der Waals surface area contributed by atoms with E-state index in [0.717, 1.165) is 18.8 Å². The Balaban J connectivity index is 2.15. The van der Waals surface area contributed by atoms with Gasteiger partial charge in [-0.3, -0.25) is 4.68 Å². The standard InChI is InChI=1S/C9H15N3O/c1-9(2,13)6-12-5-7-3-10-4-8(7)11-12/h5,10,13H,3-4,6H2,1-2H3. The lowest BCUT2D eigenvalue weighted by Gasteiger charge is -2.16. The molecule has 2 heterocycles. The zero-order valence-electron chi connectivity index (χ0n) is 8.04. The SMILES string of the molecule is CC(C)(O)Cn1cc2c(n1)CNC2. The van der Waals surface area contributed by atoms with Gasteiger partial charge in [0.05, 0.1) is 17.8 Å². The maximum Gasteiger partial charge on any atom is 0.0807 e. The number of fused-ring (bicyclic) bond motifs is 1. The molecule has 0 amide bonds. The fraction of sp³-hybridized carbons (Fsp3) is 0.667. The Morgan fingerprint density at radius 2 is 2.38 bits per heavy atom. The van der Waals surface area contributed by atoms with Gasteiger partial charge >= 0.3 is 0 Å². The predicted octanol–water partition coefficient (Wildman–Crippen LogP) is 0.257. The number of hydrogen-bond donors (Lipinski definition) is 2. The molecule has 1 aromatic heterocycles. The molecular weight excluding hydrogens is 166 g/mol. The first-order valence-corrected chi connectivity index (χ1v) is 4.53. The fourth-order valence-corrected chi connectivity index (χ4v) is 1.59. The molecule has 0 aliphatic carbocycles. The van der Waals surface area contributed by atoms with Gasteiger partial charge in [0, 0.05) is 24.8 Å². The minimum Gasteiger partial charge on any atom is -0.389 e. The van der Waals surface area contributed by atoms with Gasteiger partial charge in [0.25, 0.3) is 0 Å². The van der Waals surface area contributed by atoms with Crippen molar-refractivity contribution in [2.24, 2.45) is 0 Å². The summed E-state index contributed by atoms with van der Waals surface area (Å²) in [6.07, 6.45) is 2.01. The Morgan fingerprint density at radius 1 is 1.62 bits per heavy atom. The zero-order chi connectivity index (χ0) is 9.47. The third-order valence-corrected chi connectivity index (χ3v) is 2.08. The van der Waals surface area contributed by atoms with Crippen LogP contribution in [0.2, 0.25) is 0 Å². The van der Waals surface area contributed by atoms with Crippen LogP contribution in [0.4, 0.5) is 0 Å². The number of rotatable bonds is 2. The van der Waals surface area contributed by atoms with Crippen LogP contribution in [0.1, 0.15) is 25.1 Å². The number of aromatic nitrogens is 2. The Labute approximate surface area is 77.6 Å². The molecule has 4 nitrogen and oxygen atoms in total. The van der Waals surface area contributed by atoms with Gasteiger partial charge < -0.3 is 10.4 Å². The lowest BCUT2D eigenvalue weighted by molar-refractivity contribution is 0.0575. The highest BCUT2D eigenvalue weighted by Gasteiger charge is 2.18. The van der Waals surface area contributed by atoms with Gasteiger partial charge in [-0.1, -0.05) is 0 Å². The van der Waals surface area contributed by atoms with E-state index in [1.165, 1.54) is 5.56 Å². The van der Waals surface area contributed by atoms with Crippen molar-refractivity contribution in [1.82, 2.24) is 15.1 Å². The van der Waals surface area contributed by atoms with Crippen molar-refractivity contribution >= 4 is 0 Å². The summed E-state index contributed by atoms with van der Waals surface area (Å²) in [7, 11) is 0. The van der Waals surface area contributed by atoms with Crippen LogP contribution < -0.4 is 5.32 Å². The maximum atomic E-state index is 9.59. The summed E-state index contributed by atoms with van der Waals surface area (Å²) in [5.41, 5.74) is 1.68. The molecule has 1 aliphatic heterocycles. The van der Waals surface area contributed by atoms with Gasteiger partial charge in [0.15, 0.2) is 0 Å². The highest BCUT2D eigenvalue weighted by molar-refractivity contribution is 5.20. The molecule has 0 unspecified atom stereocenters. The van der Waals surface area contributed by atoms with Crippen LogP contribution in [0.3, 0.4) is 0 Å². The van der Waals surface area contributed by atoms with Crippen molar-refractivity contribution in [3.63, 3.8) is 0 Å². The molecule has 0 atom stereocenters. The van der Waals surface area contributed by atoms with Crippen molar-refractivity contribution in [3.05, 3.63) is 17.5 Å². The summed E-state index contributed by atoms with van der Waals surface area (Å²) in [5, 5.41) is 17.2. The van der Waals surface area contributed by atoms with E-state index < -0.39 is 5.60 Å². The molecule has 2 rings (SSSR count). The Kier molecular flexibility index (Phi) is 1.89. The molecule has 0 aromatic carbocycles. The van der Waals surface area contributed by atoms with Crippen molar-refractivity contribution in [3.8, 4) is 0 Å². The van der Waals surface area contributed by atoms with Crippen molar-refractivity contribution < 1.29 is 5.11 Å². The van der Waals surface area contributed by atoms with Gasteiger partial charge in [-0.2, -0.15) is 5.10 Å². The van der Waals surface area contributed by atoms with Gasteiger partial charge in [0.2, 0.25) is 0 Å². The normalized spacial score (nSPS) is 16.2. The van der Waals surface area contributed by atoms with Gasteiger partial charge in [-0.15, -0.1) is 0 Å². The monoisotopic (exact) mass is 181 g/mol. The third-order valence-electron chi connectivity index (χ3n) is 2.08. The zero-order valence-corrected chi connectivity index (χ0v) is 8.04. The molecule has 1 aliphatic rings. The highest BCUT2D eigenvalue weighted by atomic mass is 16.3. The van der Waals surface area contributed by atoms with E-state index in [1.807, 2.05) is 10.9 Å². The van der Waals surface area contributed by atoms with Crippen LogP contribution in [-0.4, -0.2) is 20.5 Å². The van der Waals surface area contributed by atoms with E-state index in [0.29, 0.717) is 6.54 Å².